The minimum atomic E-state index is 1.04. The first-order chi connectivity index (χ1) is 31.7. The van der Waals surface area contributed by atoms with Crippen LogP contribution < -0.4 is 4.90 Å². The maximum atomic E-state index is 2.46. The molecule has 3 aromatic heterocycles. The zero-order valence-electron chi connectivity index (χ0n) is 34.9. The van der Waals surface area contributed by atoms with Crippen molar-refractivity contribution in [1.82, 2.24) is 4.57 Å². The molecule has 0 fully saturated rings. The third-order valence-electron chi connectivity index (χ3n) is 13.1. The van der Waals surface area contributed by atoms with Gasteiger partial charge in [0.2, 0.25) is 0 Å². The molecule has 1 aliphatic rings. The van der Waals surface area contributed by atoms with Crippen molar-refractivity contribution in [3.8, 4) is 39.1 Å². The molecule has 0 saturated heterocycles. The summed E-state index contributed by atoms with van der Waals surface area (Å²) in [4.78, 5) is 2.39. The van der Waals surface area contributed by atoms with E-state index in [1.165, 1.54) is 102 Å². The van der Waals surface area contributed by atoms with Gasteiger partial charge < -0.3 is 9.47 Å². The maximum absolute atomic E-state index is 2.46. The number of rotatable bonds is 7. The van der Waals surface area contributed by atoms with Gasteiger partial charge in [-0.2, -0.15) is 0 Å². The Hall–Kier alpha value is -7.50. The Balaban J connectivity index is 0.896. The average molecular weight is 853 g/mol. The highest BCUT2D eigenvalue weighted by Crippen LogP contribution is 2.44. The van der Waals surface area contributed by atoms with E-state index in [0.717, 1.165) is 29.9 Å². The Morgan fingerprint density at radius 3 is 1.48 bits per heavy atom. The molecule has 0 unspecified atom stereocenters. The molecule has 64 heavy (non-hydrogen) atoms. The van der Waals surface area contributed by atoms with E-state index in [-0.39, 0.29) is 0 Å². The predicted molar refractivity (Wildman–Crippen MR) is 277 cm³/mol. The molecule has 0 aliphatic heterocycles. The number of anilines is 3. The van der Waals surface area contributed by atoms with Crippen molar-refractivity contribution >= 4 is 97.1 Å². The number of allylic oxidation sites excluding steroid dienone is 1. The van der Waals surface area contributed by atoms with E-state index in [1.54, 1.807) is 0 Å². The summed E-state index contributed by atoms with van der Waals surface area (Å²) >= 11 is 3.76. The molecule has 2 nitrogen and oxygen atoms in total. The molecular weight excluding hydrogens is 813 g/mol. The minimum absolute atomic E-state index is 1.04. The molecule has 9 aromatic carbocycles. The molecule has 3 heterocycles. The van der Waals surface area contributed by atoms with E-state index >= 15 is 0 Å². The molecule has 13 rings (SSSR count). The van der Waals surface area contributed by atoms with Gasteiger partial charge in [0.15, 0.2) is 0 Å². The Bertz CT molecular complexity index is 3600. The summed E-state index contributed by atoms with van der Waals surface area (Å²) in [6.07, 6.45) is 6.75. The molecular formula is C60H40N2S2. The first-order valence-corrected chi connectivity index (χ1v) is 23.7. The number of hydrogen-bond acceptors (Lipinski definition) is 3. The van der Waals surface area contributed by atoms with Gasteiger partial charge in [0.25, 0.3) is 0 Å². The van der Waals surface area contributed by atoms with E-state index in [1.807, 2.05) is 22.7 Å². The van der Waals surface area contributed by atoms with Gasteiger partial charge in [-0.05, 0) is 119 Å². The van der Waals surface area contributed by atoms with Crippen LogP contribution >= 0.6 is 22.7 Å². The normalized spacial score (nSPS) is 12.5. The average Bonchev–Trinajstić information content (AvgIpc) is 4.05. The number of hydrogen-bond donors (Lipinski definition) is 0. The van der Waals surface area contributed by atoms with Gasteiger partial charge in [0.05, 0.1) is 5.52 Å². The number of aromatic nitrogens is 1. The zero-order chi connectivity index (χ0) is 42.1. The van der Waals surface area contributed by atoms with Gasteiger partial charge in [-0.25, -0.2) is 0 Å². The molecule has 0 N–H and O–H groups in total. The lowest BCUT2D eigenvalue weighted by Gasteiger charge is -2.26. The van der Waals surface area contributed by atoms with Crippen LogP contribution in [0.2, 0.25) is 0 Å². The minimum Gasteiger partial charge on any atom is -0.313 e. The van der Waals surface area contributed by atoms with Crippen molar-refractivity contribution in [2.24, 2.45) is 0 Å². The summed E-state index contributed by atoms with van der Waals surface area (Å²) in [5.74, 6) is 0. The fourth-order valence-corrected chi connectivity index (χ4v) is 12.5. The van der Waals surface area contributed by atoms with E-state index in [9.17, 15) is 0 Å². The summed E-state index contributed by atoms with van der Waals surface area (Å²) in [6, 6.07) is 76.1. The Labute approximate surface area is 379 Å². The molecule has 0 radical (unpaired) electrons. The van der Waals surface area contributed by atoms with Crippen LogP contribution in [0.25, 0.3) is 96.4 Å². The molecule has 12 aromatic rings. The van der Waals surface area contributed by atoms with E-state index in [0.29, 0.717) is 0 Å². The van der Waals surface area contributed by atoms with Crippen molar-refractivity contribution < 1.29 is 0 Å². The van der Waals surface area contributed by atoms with E-state index in [4.69, 9.17) is 0 Å². The van der Waals surface area contributed by atoms with Crippen molar-refractivity contribution in [2.75, 3.05) is 4.90 Å². The summed E-state index contributed by atoms with van der Waals surface area (Å²) in [5, 5.41) is 6.59. The van der Waals surface area contributed by atoms with Crippen molar-refractivity contribution in [3.63, 3.8) is 0 Å². The van der Waals surface area contributed by atoms with E-state index in [2.05, 4.69) is 228 Å². The van der Waals surface area contributed by atoms with Gasteiger partial charge in [-0.1, -0.05) is 146 Å². The van der Waals surface area contributed by atoms with Gasteiger partial charge >= 0.3 is 0 Å². The van der Waals surface area contributed by atoms with Crippen LogP contribution in [0.15, 0.2) is 212 Å². The highest BCUT2D eigenvalue weighted by molar-refractivity contribution is 7.26. The smallest absolute Gasteiger partial charge is 0.0538 e. The predicted octanol–water partition coefficient (Wildman–Crippen LogP) is 17.8. The van der Waals surface area contributed by atoms with Crippen LogP contribution in [-0.2, 0) is 6.42 Å². The Kier molecular flexibility index (Phi) is 8.75. The topological polar surface area (TPSA) is 8.17 Å². The zero-order valence-corrected chi connectivity index (χ0v) is 36.5. The first-order valence-electron chi connectivity index (χ1n) is 22.0. The Morgan fingerprint density at radius 2 is 0.906 bits per heavy atom. The standard InChI is InChI=1S/C60H40N2S2/c1-2-12-43(13-3-1)62-55-21-7-4-14-49(55)54-38-42(30-37-56(54)62)39-24-31-44(32-25-39)61(45-33-26-40(27-34-45)47-17-10-19-52-50-15-5-8-22-57(50)63-59(47)52)46-35-28-41(29-36-46)48-18-11-20-53-51-16-6-9-23-58(51)64-60(48)53/h1-6,8-20,22-38H,7,21H2. The van der Waals surface area contributed by atoms with Crippen LogP contribution in [0.4, 0.5) is 17.1 Å². The van der Waals surface area contributed by atoms with Gasteiger partial charge in [0, 0.05) is 79.7 Å². The fraction of sp³-hybridized carbons (Fsp3) is 0.0333. The SMILES string of the molecule is C1=Cc2c(n(-c3ccccc3)c3ccc(-c4ccc(N(c5ccc(-c6cccc7c6sc6ccccc67)cc5)c5ccc(-c6cccc7c6sc6ccccc67)cc5)cc4)cc23)CC1. The molecule has 0 bridgehead atoms. The summed E-state index contributed by atoms with van der Waals surface area (Å²) in [7, 11) is 0. The van der Waals surface area contributed by atoms with Gasteiger partial charge in [0.1, 0.15) is 0 Å². The van der Waals surface area contributed by atoms with Crippen molar-refractivity contribution in [3.05, 3.63) is 224 Å². The third-order valence-corrected chi connectivity index (χ3v) is 15.5. The number of nitrogens with zero attached hydrogens (tertiary/aromatic N) is 2. The molecule has 1 aliphatic carbocycles. The second kappa shape index (κ2) is 15.1. The van der Waals surface area contributed by atoms with Gasteiger partial charge in [-0.3, -0.25) is 0 Å². The van der Waals surface area contributed by atoms with Crippen LogP contribution in [0, 0.1) is 0 Å². The summed E-state index contributed by atoms with van der Waals surface area (Å²) in [6.45, 7) is 0. The molecule has 4 heteroatoms. The second-order valence-electron chi connectivity index (χ2n) is 16.7. The lowest BCUT2D eigenvalue weighted by atomic mass is 9.98. The Morgan fingerprint density at radius 1 is 0.406 bits per heavy atom. The number of para-hydroxylation sites is 1. The molecule has 302 valence electrons. The lowest BCUT2D eigenvalue weighted by Crippen LogP contribution is -2.09. The molecule has 0 saturated carbocycles. The summed E-state index contributed by atoms with van der Waals surface area (Å²) < 4.78 is 7.77. The van der Waals surface area contributed by atoms with Crippen LogP contribution in [-0.4, -0.2) is 4.57 Å². The second-order valence-corrected chi connectivity index (χ2v) is 18.8. The van der Waals surface area contributed by atoms with Crippen molar-refractivity contribution in [1.29, 1.82) is 0 Å². The van der Waals surface area contributed by atoms with Crippen molar-refractivity contribution in [2.45, 2.75) is 12.8 Å². The molecule has 0 amide bonds. The first kappa shape index (κ1) is 37.1. The maximum Gasteiger partial charge on any atom is 0.0538 e. The van der Waals surface area contributed by atoms with Crippen LogP contribution in [0.3, 0.4) is 0 Å². The lowest BCUT2D eigenvalue weighted by molar-refractivity contribution is 0.888. The number of fused-ring (bicyclic) bond motifs is 9. The molecule has 0 spiro atoms. The van der Waals surface area contributed by atoms with Crippen LogP contribution in [0.5, 0.6) is 0 Å². The number of benzene rings is 9. The van der Waals surface area contributed by atoms with Gasteiger partial charge in [-0.15, -0.1) is 22.7 Å². The third kappa shape index (κ3) is 6.06. The number of thiophene rings is 2. The quantitative estimate of drug-likeness (QED) is 0.155. The van der Waals surface area contributed by atoms with E-state index < -0.39 is 0 Å². The van der Waals surface area contributed by atoms with Crippen LogP contribution in [0.1, 0.15) is 17.7 Å². The largest absolute Gasteiger partial charge is 0.313 e. The fourth-order valence-electron chi connectivity index (χ4n) is 10.1. The monoisotopic (exact) mass is 852 g/mol. The molecule has 0 atom stereocenters. The summed E-state index contributed by atoms with van der Waals surface area (Å²) in [5.41, 5.74) is 15.9. The highest BCUT2D eigenvalue weighted by Gasteiger charge is 2.20. The highest BCUT2D eigenvalue weighted by atomic mass is 32.1.